The summed E-state index contributed by atoms with van der Waals surface area (Å²) in [6, 6.07) is 0. The van der Waals surface area contributed by atoms with Crippen molar-refractivity contribution in [3.8, 4) is 0 Å². The molecule has 0 fully saturated rings. The molecule has 0 spiro atoms. The van der Waals surface area contributed by atoms with Crippen LogP contribution < -0.4 is 0 Å². The van der Waals surface area contributed by atoms with Gasteiger partial charge in [-0.15, -0.1) is 0 Å². The van der Waals surface area contributed by atoms with Gasteiger partial charge < -0.3 is 10.2 Å². The molecule has 10 heavy (non-hydrogen) atoms. The molecule has 1 heterocycles. The fourth-order valence-corrected chi connectivity index (χ4v) is 0.543. The number of aliphatic hydroxyl groups is 2. The van der Waals surface area contributed by atoms with Gasteiger partial charge in [0.15, 0.2) is 5.82 Å². The minimum absolute atomic E-state index is 0.0573. The molecule has 1 aromatic rings. The van der Waals surface area contributed by atoms with Crippen LogP contribution in [0.5, 0.6) is 0 Å². The number of rotatable bonds is 1. The summed E-state index contributed by atoms with van der Waals surface area (Å²) in [5.74, 6) is -0.153. The second-order valence-electron chi connectivity index (χ2n) is 1.49. The highest BCUT2D eigenvalue weighted by Crippen LogP contribution is 2.03. The first-order valence-corrected chi connectivity index (χ1v) is 2.78. The summed E-state index contributed by atoms with van der Waals surface area (Å²) in [6.45, 7) is 0. The van der Waals surface area contributed by atoms with Gasteiger partial charge >= 0.3 is 0 Å². The zero-order valence-corrected chi connectivity index (χ0v) is 5.52. The Balaban J connectivity index is 2.96. The molecule has 0 aliphatic carbocycles. The summed E-state index contributed by atoms with van der Waals surface area (Å²) in [4.78, 5) is 10.3. The highest BCUT2D eigenvalue weighted by atomic mass is 35.5. The molecule has 0 aliphatic rings. The average Bonchev–Trinajstić information content (AvgIpc) is 1.88. The molecular formula is C4H4ClN3O2. The minimum atomic E-state index is -1.69. The van der Waals surface area contributed by atoms with Crippen molar-refractivity contribution < 1.29 is 10.2 Å². The lowest BCUT2D eigenvalue weighted by Gasteiger charge is -1.98. The highest BCUT2D eigenvalue weighted by Gasteiger charge is 2.05. The van der Waals surface area contributed by atoms with Gasteiger partial charge in [-0.2, -0.15) is 4.98 Å². The fourth-order valence-electron chi connectivity index (χ4n) is 0.412. The van der Waals surface area contributed by atoms with Gasteiger partial charge in [-0.05, 0) is 11.6 Å². The number of aliphatic hydroxyl groups excluding tert-OH is 1. The first-order valence-electron chi connectivity index (χ1n) is 2.40. The third kappa shape index (κ3) is 1.60. The van der Waals surface area contributed by atoms with Crippen molar-refractivity contribution in [1.29, 1.82) is 0 Å². The van der Waals surface area contributed by atoms with Gasteiger partial charge in [-0.3, -0.25) is 0 Å². The molecule has 0 saturated carbocycles. The van der Waals surface area contributed by atoms with E-state index in [2.05, 4.69) is 15.0 Å². The van der Waals surface area contributed by atoms with Crippen LogP contribution in [0, 0.1) is 0 Å². The molecule has 0 radical (unpaired) electrons. The van der Waals surface area contributed by atoms with Crippen LogP contribution in [-0.2, 0) is 0 Å². The van der Waals surface area contributed by atoms with Crippen molar-refractivity contribution in [2.24, 2.45) is 0 Å². The zero-order valence-electron chi connectivity index (χ0n) is 4.77. The summed E-state index contributed by atoms with van der Waals surface area (Å²) < 4.78 is 0. The molecule has 1 aromatic heterocycles. The minimum Gasteiger partial charge on any atom is -0.362 e. The quantitative estimate of drug-likeness (QED) is 0.544. The molecule has 0 bridgehead atoms. The lowest BCUT2D eigenvalue weighted by Crippen LogP contribution is -2.02. The van der Waals surface area contributed by atoms with E-state index in [1.165, 1.54) is 0 Å². The Hall–Kier alpha value is -0.780. The normalized spacial score (nSPS) is 10.4. The molecule has 0 atom stereocenters. The van der Waals surface area contributed by atoms with Crippen LogP contribution in [0.3, 0.4) is 0 Å². The maximum absolute atomic E-state index is 8.49. The third-order valence-electron chi connectivity index (χ3n) is 0.792. The first-order chi connectivity index (χ1) is 4.70. The van der Waals surface area contributed by atoms with E-state index in [9.17, 15) is 0 Å². The lowest BCUT2D eigenvalue weighted by atomic mass is 10.6. The van der Waals surface area contributed by atoms with E-state index in [-0.39, 0.29) is 11.1 Å². The van der Waals surface area contributed by atoms with Crippen LogP contribution in [-0.4, -0.2) is 25.2 Å². The standard InChI is InChI=1S/C4H4ClN3O2/c5-4-7-1-6-2(8-4)3(9)10/h1,3,9-10H. The Kier molecular flexibility index (Phi) is 2.10. The predicted molar refractivity (Wildman–Crippen MR) is 32.0 cm³/mol. The van der Waals surface area contributed by atoms with Crippen LogP contribution in [0.1, 0.15) is 12.1 Å². The van der Waals surface area contributed by atoms with Crippen LogP contribution >= 0.6 is 11.6 Å². The molecule has 0 amide bonds. The Morgan fingerprint density at radius 1 is 1.40 bits per heavy atom. The second kappa shape index (κ2) is 2.87. The van der Waals surface area contributed by atoms with Crippen molar-refractivity contribution in [3.05, 3.63) is 17.4 Å². The monoisotopic (exact) mass is 161 g/mol. The Labute approximate surface area is 61.3 Å². The van der Waals surface area contributed by atoms with Gasteiger partial charge in [0.25, 0.3) is 0 Å². The average molecular weight is 162 g/mol. The molecule has 0 aromatic carbocycles. The predicted octanol–water partition coefficient (Wildman–Crippen LogP) is -0.492. The lowest BCUT2D eigenvalue weighted by molar-refractivity contribution is -0.0495. The van der Waals surface area contributed by atoms with Crippen molar-refractivity contribution in [3.63, 3.8) is 0 Å². The number of aromatic nitrogens is 3. The van der Waals surface area contributed by atoms with Crippen LogP contribution in [0.15, 0.2) is 6.33 Å². The van der Waals surface area contributed by atoms with Crippen molar-refractivity contribution >= 4 is 11.6 Å². The third-order valence-corrected chi connectivity index (χ3v) is 0.974. The molecule has 0 saturated heterocycles. The van der Waals surface area contributed by atoms with E-state index in [0.717, 1.165) is 6.33 Å². The van der Waals surface area contributed by atoms with Gasteiger partial charge in [0.05, 0.1) is 0 Å². The Morgan fingerprint density at radius 2 is 2.10 bits per heavy atom. The molecule has 5 nitrogen and oxygen atoms in total. The summed E-state index contributed by atoms with van der Waals surface area (Å²) in [5, 5.41) is 16.9. The van der Waals surface area contributed by atoms with Crippen molar-refractivity contribution in [1.82, 2.24) is 15.0 Å². The fraction of sp³-hybridized carbons (Fsp3) is 0.250. The largest absolute Gasteiger partial charge is 0.362 e. The first kappa shape index (κ1) is 7.33. The number of hydrogen-bond acceptors (Lipinski definition) is 5. The van der Waals surface area contributed by atoms with Gasteiger partial charge in [0, 0.05) is 0 Å². The van der Waals surface area contributed by atoms with Gasteiger partial charge in [-0.25, -0.2) is 9.97 Å². The zero-order chi connectivity index (χ0) is 7.56. The molecule has 54 valence electrons. The van der Waals surface area contributed by atoms with Gasteiger partial charge in [0.2, 0.25) is 11.6 Å². The number of halogens is 1. The maximum Gasteiger partial charge on any atom is 0.225 e. The van der Waals surface area contributed by atoms with E-state index in [4.69, 9.17) is 21.8 Å². The molecule has 0 unspecified atom stereocenters. The summed E-state index contributed by atoms with van der Waals surface area (Å²) in [6.07, 6.45) is -0.593. The Bertz CT molecular complexity index is 229. The second-order valence-corrected chi connectivity index (χ2v) is 1.82. The molecule has 0 aliphatic heterocycles. The highest BCUT2D eigenvalue weighted by molar-refractivity contribution is 6.28. The molecule has 1 rings (SSSR count). The Morgan fingerprint density at radius 3 is 2.50 bits per heavy atom. The summed E-state index contributed by atoms with van der Waals surface area (Å²) >= 11 is 5.30. The summed E-state index contributed by atoms with van der Waals surface area (Å²) in [5.41, 5.74) is 0. The van der Waals surface area contributed by atoms with Gasteiger partial charge in [-0.1, -0.05) is 0 Å². The summed E-state index contributed by atoms with van der Waals surface area (Å²) in [7, 11) is 0. The topological polar surface area (TPSA) is 79.1 Å². The molecular weight excluding hydrogens is 158 g/mol. The van der Waals surface area contributed by atoms with E-state index in [1.807, 2.05) is 0 Å². The number of hydrogen-bond donors (Lipinski definition) is 2. The van der Waals surface area contributed by atoms with E-state index in [0.29, 0.717) is 0 Å². The van der Waals surface area contributed by atoms with Crippen LogP contribution in [0.2, 0.25) is 5.28 Å². The molecule has 2 N–H and O–H groups in total. The molecule has 6 heteroatoms. The van der Waals surface area contributed by atoms with Crippen LogP contribution in [0.25, 0.3) is 0 Å². The smallest absolute Gasteiger partial charge is 0.225 e. The van der Waals surface area contributed by atoms with Crippen molar-refractivity contribution in [2.75, 3.05) is 0 Å². The van der Waals surface area contributed by atoms with Crippen molar-refractivity contribution in [2.45, 2.75) is 6.29 Å². The van der Waals surface area contributed by atoms with E-state index < -0.39 is 6.29 Å². The number of nitrogens with zero attached hydrogens (tertiary/aromatic N) is 3. The van der Waals surface area contributed by atoms with Crippen LogP contribution in [0.4, 0.5) is 0 Å². The SMILES string of the molecule is OC(O)c1ncnc(Cl)n1. The maximum atomic E-state index is 8.49. The van der Waals surface area contributed by atoms with E-state index in [1.54, 1.807) is 0 Å². The van der Waals surface area contributed by atoms with Gasteiger partial charge in [0.1, 0.15) is 6.33 Å². The van der Waals surface area contributed by atoms with E-state index >= 15 is 0 Å².